The van der Waals surface area contributed by atoms with Crippen molar-refractivity contribution in [3.63, 3.8) is 0 Å². The van der Waals surface area contributed by atoms with Crippen molar-refractivity contribution in [3.05, 3.63) is 27.2 Å². The lowest BCUT2D eigenvalue weighted by molar-refractivity contribution is -0.119. The molecule has 0 atom stereocenters. The molecule has 1 aliphatic heterocycles. The normalized spacial score (nSPS) is 15.2. The van der Waals surface area contributed by atoms with E-state index in [0.717, 1.165) is 6.41 Å². The zero-order valence-electron chi connectivity index (χ0n) is 10.4. The average Bonchev–Trinajstić information content (AvgIpc) is 2.44. The molecule has 0 bridgehead atoms. The molecule has 0 radical (unpaired) electrons. The molecule has 1 fully saturated rings. The van der Waals surface area contributed by atoms with E-state index in [-0.39, 0.29) is 6.03 Å². The van der Waals surface area contributed by atoms with Crippen LogP contribution in [0.4, 0.5) is 10.5 Å². The van der Waals surface area contributed by atoms with E-state index in [9.17, 15) is 9.59 Å². The van der Waals surface area contributed by atoms with Crippen molar-refractivity contribution in [2.75, 3.05) is 31.5 Å². The molecule has 2 rings (SSSR count). The zero-order chi connectivity index (χ0) is 14.7. The van der Waals surface area contributed by atoms with Crippen LogP contribution in [0.25, 0.3) is 0 Å². The Labute approximate surface area is 131 Å². The maximum absolute atomic E-state index is 12.1. The molecule has 1 aromatic carbocycles. The number of amides is 3. The van der Waals surface area contributed by atoms with Crippen LogP contribution >= 0.6 is 34.8 Å². The van der Waals surface area contributed by atoms with Crippen LogP contribution in [0.15, 0.2) is 12.1 Å². The van der Waals surface area contributed by atoms with Crippen LogP contribution < -0.4 is 5.32 Å². The van der Waals surface area contributed by atoms with Crippen LogP contribution in [-0.2, 0) is 4.79 Å². The van der Waals surface area contributed by atoms with Crippen molar-refractivity contribution in [1.29, 1.82) is 0 Å². The molecular weight excluding hydrogens is 325 g/mol. The quantitative estimate of drug-likeness (QED) is 0.667. The lowest BCUT2D eigenvalue weighted by atomic mass is 10.3. The van der Waals surface area contributed by atoms with Crippen LogP contribution in [-0.4, -0.2) is 48.4 Å². The molecule has 108 valence electrons. The van der Waals surface area contributed by atoms with Crippen molar-refractivity contribution in [2.24, 2.45) is 0 Å². The maximum Gasteiger partial charge on any atom is 0.322 e. The summed E-state index contributed by atoms with van der Waals surface area (Å²) >= 11 is 17.7. The van der Waals surface area contributed by atoms with E-state index in [1.807, 2.05) is 0 Å². The molecule has 1 saturated heterocycles. The Kier molecular flexibility index (Phi) is 4.96. The average molecular weight is 337 g/mol. The minimum atomic E-state index is -0.282. The summed E-state index contributed by atoms with van der Waals surface area (Å²) in [5.74, 6) is 0. The Bertz CT molecular complexity index is 531. The number of hydrogen-bond donors (Lipinski definition) is 1. The van der Waals surface area contributed by atoms with Crippen LogP contribution in [0.5, 0.6) is 0 Å². The molecule has 8 heteroatoms. The number of nitrogens with zero attached hydrogens (tertiary/aromatic N) is 2. The highest BCUT2D eigenvalue weighted by Gasteiger charge is 2.21. The first-order valence-electron chi connectivity index (χ1n) is 5.91. The molecule has 1 aromatic rings. The van der Waals surface area contributed by atoms with Crippen LogP contribution in [0.3, 0.4) is 0 Å². The van der Waals surface area contributed by atoms with Crippen molar-refractivity contribution < 1.29 is 9.59 Å². The highest BCUT2D eigenvalue weighted by Crippen LogP contribution is 2.32. The lowest BCUT2D eigenvalue weighted by Crippen LogP contribution is -2.49. The number of nitrogens with one attached hydrogen (secondary N) is 1. The minimum absolute atomic E-state index is 0.282. The van der Waals surface area contributed by atoms with E-state index in [1.54, 1.807) is 9.80 Å². The van der Waals surface area contributed by atoms with Crippen LogP contribution in [0.1, 0.15) is 0 Å². The van der Waals surface area contributed by atoms with E-state index in [4.69, 9.17) is 34.8 Å². The van der Waals surface area contributed by atoms with Gasteiger partial charge in [0.05, 0.1) is 20.8 Å². The highest BCUT2D eigenvalue weighted by atomic mass is 35.5. The predicted molar refractivity (Wildman–Crippen MR) is 79.7 cm³/mol. The van der Waals surface area contributed by atoms with E-state index < -0.39 is 0 Å². The van der Waals surface area contributed by atoms with Gasteiger partial charge in [0.15, 0.2) is 0 Å². The molecule has 1 heterocycles. The van der Waals surface area contributed by atoms with Gasteiger partial charge in [-0.2, -0.15) is 0 Å². The summed E-state index contributed by atoms with van der Waals surface area (Å²) in [5.41, 5.74) is 0.406. The van der Waals surface area contributed by atoms with Gasteiger partial charge in [0.25, 0.3) is 0 Å². The van der Waals surface area contributed by atoms with Crippen molar-refractivity contribution in [3.8, 4) is 0 Å². The second-order valence-corrected chi connectivity index (χ2v) is 5.53. The Morgan fingerprint density at radius 3 is 2.25 bits per heavy atom. The maximum atomic E-state index is 12.1. The monoisotopic (exact) mass is 335 g/mol. The molecule has 1 aliphatic rings. The van der Waals surface area contributed by atoms with Crippen molar-refractivity contribution in [2.45, 2.75) is 0 Å². The molecule has 0 spiro atoms. The van der Waals surface area contributed by atoms with E-state index in [2.05, 4.69) is 5.32 Å². The topological polar surface area (TPSA) is 52.7 Å². The second-order valence-electron chi connectivity index (χ2n) is 4.30. The van der Waals surface area contributed by atoms with Gasteiger partial charge in [0, 0.05) is 26.2 Å². The number of urea groups is 1. The Morgan fingerprint density at radius 2 is 1.65 bits per heavy atom. The summed E-state index contributed by atoms with van der Waals surface area (Å²) < 4.78 is 0. The fourth-order valence-corrected chi connectivity index (χ4v) is 2.44. The predicted octanol–water partition coefficient (Wildman–Crippen LogP) is 2.95. The lowest BCUT2D eigenvalue weighted by Gasteiger charge is -2.32. The third-order valence-electron chi connectivity index (χ3n) is 3.00. The number of hydrogen-bond acceptors (Lipinski definition) is 2. The molecule has 0 aromatic heterocycles. The van der Waals surface area contributed by atoms with Gasteiger partial charge in [-0.3, -0.25) is 4.79 Å². The van der Waals surface area contributed by atoms with E-state index >= 15 is 0 Å². The fraction of sp³-hybridized carbons (Fsp3) is 0.333. The minimum Gasteiger partial charge on any atom is -0.342 e. The van der Waals surface area contributed by atoms with Gasteiger partial charge < -0.3 is 15.1 Å². The summed E-state index contributed by atoms with van der Waals surface area (Å²) in [6.07, 6.45) is 0.783. The van der Waals surface area contributed by atoms with Gasteiger partial charge in [-0.25, -0.2) is 4.79 Å². The summed E-state index contributed by atoms with van der Waals surface area (Å²) in [4.78, 5) is 25.9. The van der Waals surface area contributed by atoms with Gasteiger partial charge in [-0.1, -0.05) is 34.8 Å². The molecule has 0 saturated carbocycles. The molecule has 1 N–H and O–H groups in total. The number of benzene rings is 1. The molecule has 5 nitrogen and oxygen atoms in total. The largest absolute Gasteiger partial charge is 0.342 e. The van der Waals surface area contributed by atoms with Gasteiger partial charge in [-0.15, -0.1) is 0 Å². The summed E-state index contributed by atoms with van der Waals surface area (Å²) in [6.45, 7) is 1.99. The standard InChI is InChI=1S/C12H12Cl3N3O2/c13-8-5-10(15)11(6-9(8)14)16-12(20)18-3-1-17(7-19)2-4-18/h5-7H,1-4H2,(H,16,20). The first kappa shape index (κ1) is 15.2. The molecule has 20 heavy (non-hydrogen) atoms. The van der Waals surface area contributed by atoms with E-state index in [0.29, 0.717) is 46.9 Å². The van der Waals surface area contributed by atoms with Gasteiger partial charge in [0.1, 0.15) is 0 Å². The van der Waals surface area contributed by atoms with Gasteiger partial charge in [-0.05, 0) is 12.1 Å². The van der Waals surface area contributed by atoms with Crippen LogP contribution in [0, 0.1) is 0 Å². The number of carbonyl (C=O) groups is 2. The molecule has 3 amide bonds. The first-order chi connectivity index (χ1) is 9.51. The third kappa shape index (κ3) is 3.48. The number of halogens is 3. The van der Waals surface area contributed by atoms with Gasteiger partial charge in [0.2, 0.25) is 6.41 Å². The number of anilines is 1. The van der Waals surface area contributed by atoms with E-state index in [1.165, 1.54) is 12.1 Å². The summed E-state index contributed by atoms with van der Waals surface area (Å²) in [7, 11) is 0. The SMILES string of the molecule is O=CN1CCN(C(=O)Nc2cc(Cl)c(Cl)cc2Cl)CC1. The second kappa shape index (κ2) is 6.52. The Balaban J connectivity index is 2.02. The summed E-state index contributed by atoms with van der Waals surface area (Å²) in [6, 6.07) is 2.70. The highest BCUT2D eigenvalue weighted by molar-refractivity contribution is 6.44. The molecule has 0 aliphatic carbocycles. The van der Waals surface area contributed by atoms with Crippen molar-refractivity contribution in [1.82, 2.24) is 9.80 Å². The number of rotatable bonds is 2. The smallest absolute Gasteiger partial charge is 0.322 e. The Hall–Kier alpha value is -1.17. The van der Waals surface area contributed by atoms with Gasteiger partial charge >= 0.3 is 6.03 Å². The first-order valence-corrected chi connectivity index (χ1v) is 7.04. The number of piperazine rings is 1. The van der Waals surface area contributed by atoms with Crippen molar-refractivity contribution >= 4 is 52.9 Å². The zero-order valence-corrected chi connectivity index (χ0v) is 12.7. The van der Waals surface area contributed by atoms with Crippen LogP contribution in [0.2, 0.25) is 15.1 Å². The molecule has 0 unspecified atom stereocenters. The third-order valence-corrected chi connectivity index (χ3v) is 4.04. The Morgan fingerprint density at radius 1 is 1.05 bits per heavy atom. The molecular formula is C12H12Cl3N3O2. The fourth-order valence-electron chi connectivity index (χ4n) is 1.84. The summed E-state index contributed by atoms with van der Waals surface area (Å²) in [5, 5.41) is 3.65. The number of carbonyl (C=O) groups excluding carboxylic acids is 2.